The highest BCUT2D eigenvalue weighted by atomic mass is 32.2. The molecule has 2 N–H and O–H groups in total. The maximum Gasteiger partial charge on any atom is 0.224 e. The van der Waals surface area contributed by atoms with Crippen LogP contribution < -0.4 is 10.6 Å². The van der Waals surface area contributed by atoms with E-state index >= 15 is 0 Å². The minimum atomic E-state index is 0.0571. The number of rotatable bonds is 8. The Bertz CT molecular complexity index is 176. The zero-order valence-corrected chi connectivity index (χ0v) is 11.1. The van der Waals surface area contributed by atoms with Crippen molar-refractivity contribution >= 4 is 17.7 Å². The Labute approximate surface area is 97.8 Å². The summed E-state index contributed by atoms with van der Waals surface area (Å²) in [6.07, 6.45) is 3.13. The van der Waals surface area contributed by atoms with Gasteiger partial charge in [0.1, 0.15) is 0 Å². The lowest BCUT2D eigenvalue weighted by atomic mass is 10.1. The Morgan fingerprint density at radius 3 is 2.60 bits per heavy atom. The van der Waals surface area contributed by atoms with Gasteiger partial charge in [0.15, 0.2) is 0 Å². The molecule has 0 saturated carbocycles. The molecule has 4 heteroatoms. The number of hydrogen-bond donors (Lipinski definition) is 2. The van der Waals surface area contributed by atoms with Crippen LogP contribution >= 0.6 is 11.8 Å². The van der Waals surface area contributed by atoms with Crippen molar-refractivity contribution < 1.29 is 4.79 Å². The summed E-state index contributed by atoms with van der Waals surface area (Å²) in [5.74, 6) is 1.31. The molecule has 2 unspecified atom stereocenters. The average molecular weight is 232 g/mol. The first-order valence-electron chi connectivity index (χ1n) is 5.61. The van der Waals surface area contributed by atoms with Gasteiger partial charge >= 0.3 is 0 Å². The normalized spacial score (nSPS) is 14.7. The summed E-state index contributed by atoms with van der Waals surface area (Å²) in [6.45, 7) is 7.75. The van der Waals surface area contributed by atoms with Gasteiger partial charge in [-0.1, -0.05) is 13.8 Å². The second-order valence-electron chi connectivity index (χ2n) is 3.90. The summed E-state index contributed by atoms with van der Waals surface area (Å²) in [7, 11) is 0. The lowest BCUT2D eigenvalue weighted by molar-refractivity contribution is -0.125. The van der Waals surface area contributed by atoms with Crippen molar-refractivity contribution in [3.63, 3.8) is 0 Å². The van der Waals surface area contributed by atoms with Crippen molar-refractivity contribution in [1.29, 1.82) is 0 Å². The highest BCUT2D eigenvalue weighted by molar-refractivity contribution is 7.98. The molecular weight excluding hydrogens is 208 g/mol. The molecular formula is C11H24N2OS. The molecule has 0 aromatic heterocycles. The van der Waals surface area contributed by atoms with Crippen LogP contribution in [0.4, 0.5) is 0 Å². The Kier molecular flexibility index (Phi) is 8.91. The number of carbonyl (C=O) groups excluding carboxylic acids is 1. The third-order valence-corrected chi connectivity index (χ3v) is 2.94. The molecule has 0 aliphatic heterocycles. The number of amides is 1. The van der Waals surface area contributed by atoms with E-state index in [9.17, 15) is 4.79 Å². The molecule has 15 heavy (non-hydrogen) atoms. The van der Waals surface area contributed by atoms with Gasteiger partial charge in [0.2, 0.25) is 5.91 Å². The first-order chi connectivity index (χ1) is 7.11. The van der Waals surface area contributed by atoms with Gasteiger partial charge < -0.3 is 10.6 Å². The van der Waals surface area contributed by atoms with Gasteiger partial charge in [-0.25, -0.2) is 0 Å². The molecule has 90 valence electrons. The van der Waals surface area contributed by atoms with Gasteiger partial charge in [0, 0.05) is 18.5 Å². The van der Waals surface area contributed by atoms with E-state index in [1.54, 1.807) is 0 Å². The van der Waals surface area contributed by atoms with Crippen molar-refractivity contribution in [1.82, 2.24) is 10.6 Å². The quantitative estimate of drug-likeness (QED) is 0.666. The molecule has 0 radical (unpaired) electrons. The second-order valence-corrected chi connectivity index (χ2v) is 4.89. The standard InChI is InChI=1S/C11H24N2OS/c1-5-12-8-9(2)11(14)13-10(3)6-7-15-4/h9-10,12H,5-8H2,1-4H3,(H,13,14). The SMILES string of the molecule is CCNCC(C)C(=O)NC(C)CCSC. The van der Waals surface area contributed by atoms with E-state index in [2.05, 4.69) is 23.8 Å². The number of thioether (sulfide) groups is 1. The van der Waals surface area contributed by atoms with Crippen LogP contribution in [0.1, 0.15) is 27.2 Å². The summed E-state index contributed by atoms with van der Waals surface area (Å²) >= 11 is 1.82. The maximum absolute atomic E-state index is 11.7. The van der Waals surface area contributed by atoms with Crippen LogP contribution in [-0.4, -0.2) is 37.0 Å². The van der Waals surface area contributed by atoms with E-state index in [0.717, 1.165) is 25.3 Å². The van der Waals surface area contributed by atoms with E-state index in [1.807, 2.05) is 25.6 Å². The molecule has 0 saturated heterocycles. The molecule has 0 heterocycles. The first-order valence-corrected chi connectivity index (χ1v) is 7.01. The van der Waals surface area contributed by atoms with Gasteiger partial charge in [-0.15, -0.1) is 0 Å². The number of carbonyl (C=O) groups is 1. The van der Waals surface area contributed by atoms with Gasteiger partial charge in [0.25, 0.3) is 0 Å². The van der Waals surface area contributed by atoms with Gasteiger partial charge in [0.05, 0.1) is 0 Å². The average Bonchev–Trinajstić information content (AvgIpc) is 2.22. The van der Waals surface area contributed by atoms with E-state index in [1.165, 1.54) is 0 Å². The summed E-state index contributed by atoms with van der Waals surface area (Å²) in [5.41, 5.74) is 0. The second kappa shape index (κ2) is 9.04. The largest absolute Gasteiger partial charge is 0.353 e. The Balaban J connectivity index is 3.70. The van der Waals surface area contributed by atoms with Crippen LogP contribution in [-0.2, 0) is 4.79 Å². The molecule has 0 aromatic rings. The third kappa shape index (κ3) is 7.68. The fourth-order valence-corrected chi connectivity index (χ4v) is 1.79. The molecule has 1 amide bonds. The van der Waals surface area contributed by atoms with Crippen LogP contribution in [0.3, 0.4) is 0 Å². The fraction of sp³-hybridized carbons (Fsp3) is 0.909. The molecule has 0 aliphatic carbocycles. The lowest BCUT2D eigenvalue weighted by Gasteiger charge is -2.17. The molecule has 0 spiro atoms. The minimum absolute atomic E-state index is 0.0571. The summed E-state index contributed by atoms with van der Waals surface area (Å²) < 4.78 is 0. The van der Waals surface area contributed by atoms with Gasteiger partial charge in [-0.05, 0) is 31.9 Å². The minimum Gasteiger partial charge on any atom is -0.353 e. The van der Waals surface area contributed by atoms with E-state index in [4.69, 9.17) is 0 Å². The molecule has 3 nitrogen and oxygen atoms in total. The smallest absolute Gasteiger partial charge is 0.224 e. The number of nitrogens with one attached hydrogen (secondary N) is 2. The summed E-state index contributed by atoms with van der Waals surface area (Å²) in [5, 5.41) is 6.21. The van der Waals surface area contributed by atoms with Crippen molar-refractivity contribution in [2.75, 3.05) is 25.1 Å². The Morgan fingerprint density at radius 2 is 2.07 bits per heavy atom. The molecule has 0 aromatic carbocycles. The lowest BCUT2D eigenvalue weighted by Crippen LogP contribution is -2.40. The molecule has 0 fully saturated rings. The van der Waals surface area contributed by atoms with E-state index in [0.29, 0.717) is 0 Å². The van der Waals surface area contributed by atoms with Crippen LogP contribution in [0.2, 0.25) is 0 Å². The van der Waals surface area contributed by atoms with Gasteiger partial charge in [-0.2, -0.15) is 11.8 Å². The molecule has 2 atom stereocenters. The summed E-state index contributed by atoms with van der Waals surface area (Å²) in [6, 6.07) is 0.286. The number of hydrogen-bond acceptors (Lipinski definition) is 3. The van der Waals surface area contributed by atoms with Crippen LogP contribution in [0.15, 0.2) is 0 Å². The highest BCUT2D eigenvalue weighted by Crippen LogP contribution is 2.01. The third-order valence-electron chi connectivity index (χ3n) is 2.29. The Hall–Kier alpha value is -0.220. The maximum atomic E-state index is 11.7. The van der Waals surface area contributed by atoms with Crippen molar-refractivity contribution in [2.24, 2.45) is 5.92 Å². The monoisotopic (exact) mass is 232 g/mol. The zero-order chi connectivity index (χ0) is 11.7. The Morgan fingerprint density at radius 1 is 1.40 bits per heavy atom. The molecule has 0 aliphatic rings. The van der Waals surface area contributed by atoms with Crippen LogP contribution in [0.5, 0.6) is 0 Å². The van der Waals surface area contributed by atoms with E-state index in [-0.39, 0.29) is 17.9 Å². The van der Waals surface area contributed by atoms with E-state index < -0.39 is 0 Å². The van der Waals surface area contributed by atoms with Crippen LogP contribution in [0, 0.1) is 5.92 Å². The molecule has 0 bridgehead atoms. The molecule has 0 rings (SSSR count). The van der Waals surface area contributed by atoms with Crippen molar-refractivity contribution in [3.05, 3.63) is 0 Å². The summed E-state index contributed by atoms with van der Waals surface area (Å²) in [4.78, 5) is 11.7. The van der Waals surface area contributed by atoms with Crippen molar-refractivity contribution in [2.45, 2.75) is 33.2 Å². The fourth-order valence-electron chi connectivity index (χ4n) is 1.21. The zero-order valence-electron chi connectivity index (χ0n) is 10.3. The van der Waals surface area contributed by atoms with Crippen molar-refractivity contribution in [3.8, 4) is 0 Å². The first kappa shape index (κ1) is 14.8. The van der Waals surface area contributed by atoms with Crippen LogP contribution in [0.25, 0.3) is 0 Å². The topological polar surface area (TPSA) is 41.1 Å². The highest BCUT2D eigenvalue weighted by Gasteiger charge is 2.13. The van der Waals surface area contributed by atoms with Gasteiger partial charge in [-0.3, -0.25) is 4.79 Å². The predicted molar refractivity (Wildman–Crippen MR) is 68.3 cm³/mol. The predicted octanol–water partition coefficient (Wildman–Crippen LogP) is 1.49.